The van der Waals surface area contributed by atoms with Crippen molar-refractivity contribution in [3.05, 3.63) is 102 Å². The number of piperidine rings is 2. The molecule has 18 heteroatoms. The van der Waals surface area contributed by atoms with Crippen molar-refractivity contribution in [1.82, 2.24) is 39.4 Å². The van der Waals surface area contributed by atoms with Crippen LogP contribution in [0.3, 0.4) is 0 Å². The molecule has 6 aromatic rings. The number of aromatic hydroxyl groups is 3. The molecule has 73 heavy (non-hydrogen) atoms. The number of anilines is 6. The average molecular weight is 991 g/mol. The zero-order chi connectivity index (χ0) is 50.9. The molecule has 4 aliphatic rings. The maximum atomic E-state index is 13.9. The monoisotopic (exact) mass is 991 g/mol. The van der Waals surface area contributed by atoms with Gasteiger partial charge in [0, 0.05) is 103 Å². The Morgan fingerprint density at radius 2 is 1.48 bits per heavy atom. The number of phenolic OH excluding ortho intramolecular Hbond substituents is 2. The molecule has 0 spiro atoms. The van der Waals surface area contributed by atoms with Crippen LogP contribution in [0.15, 0.2) is 85.1 Å². The normalized spacial score (nSPS) is 17.2. The second-order valence-corrected chi connectivity index (χ2v) is 20.1. The van der Waals surface area contributed by atoms with Crippen molar-refractivity contribution in [2.24, 2.45) is 11.8 Å². The van der Waals surface area contributed by atoms with Crippen LogP contribution in [-0.2, 0) is 11.3 Å². The molecule has 0 bridgehead atoms. The van der Waals surface area contributed by atoms with E-state index < -0.39 is 0 Å². The molecule has 0 aliphatic carbocycles. The van der Waals surface area contributed by atoms with E-state index in [1.807, 2.05) is 75.2 Å². The molecule has 4 N–H and O–H groups in total. The number of para-hydroxylation sites is 1. The number of hydrogen-bond acceptors (Lipinski definition) is 15. The minimum Gasteiger partial charge on any atom is -0.508 e. The van der Waals surface area contributed by atoms with Crippen LogP contribution in [0.2, 0.25) is 0 Å². The van der Waals surface area contributed by atoms with Crippen LogP contribution in [0.5, 0.6) is 23.3 Å². The first-order chi connectivity index (χ1) is 35.3. The number of amides is 2. The maximum absolute atomic E-state index is 13.9. The summed E-state index contributed by atoms with van der Waals surface area (Å²) < 4.78 is 7.64. The minimum atomic E-state index is -0.288. The smallest absolute Gasteiger partial charge is 0.319 e. The first kappa shape index (κ1) is 49.2. The number of likely N-dealkylation sites (tertiary alicyclic amines) is 1. The topological polar surface area (TPSA) is 192 Å². The summed E-state index contributed by atoms with van der Waals surface area (Å²) >= 11 is 0. The molecule has 3 fully saturated rings. The van der Waals surface area contributed by atoms with E-state index in [0.717, 1.165) is 114 Å². The predicted octanol–water partition coefficient (Wildman–Crippen LogP) is 7.74. The summed E-state index contributed by atoms with van der Waals surface area (Å²) in [6.07, 6.45) is 5.36. The molecular weight excluding hydrogens is 925 g/mol. The maximum Gasteiger partial charge on any atom is 0.319 e. The number of carbonyl (C=O) groups is 2. The Labute approximate surface area is 426 Å². The lowest BCUT2D eigenvalue weighted by Gasteiger charge is -2.40. The molecule has 0 saturated carbocycles. The van der Waals surface area contributed by atoms with Crippen LogP contribution in [0.4, 0.5) is 34.5 Å². The van der Waals surface area contributed by atoms with Gasteiger partial charge < -0.3 is 49.9 Å². The van der Waals surface area contributed by atoms with E-state index in [-0.39, 0.29) is 41.1 Å². The summed E-state index contributed by atoms with van der Waals surface area (Å²) in [5.41, 5.74) is 6.64. The van der Waals surface area contributed by atoms with Crippen molar-refractivity contribution in [2.45, 2.75) is 58.9 Å². The standard InChI is InChI=1S/C55H66N12O6/c1-6-73-49-29-40(15-16-44(49)57-54-56-32-46-51(58-54)61(4)45-10-8-7-9-41(45)53(71)62(46)5)65-23-19-38(20-24-65)52(70)66-21-17-37(18-22-66)34-64-27-25-63(26-28-64)33-36-11-13-39(14-12-36)67-50(59-60-55(67)72)43-30-42(35(2)3)47(68)31-48(43)69/h7-16,29-32,35,37-38,68-69H,6,17-28,33-34H2,1-5H3,(H,60,72)(H,56,57,58). The molecule has 3 saturated heterocycles. The highest BCUT2D eigenvalue weighted by Crippen LogP contribution is 2.41. The van der Waals surface area contributed by atoms with Crippen LogP contribution >= 0.6 is 0 Å². The van der Waals surface area contributed by atoms with Gasteiger partial charge in [-0.05, 0) is 98.0 Å². The molecular formula is C55H66N12O6. The zero-order valence-corrected chi connectivity index (χ0v) is 42.4. The molecule has 0 unspecified atom stereocenters. The SMILES string of the molecule is CCOc1cc(N2CCC(C(=O)N3CCC(CN4CCN(Cc5ccc(-n6c(O)nnc6-c6cc(C(C)C)c(O)cc6O)cc5)CC4)CC3)CC2)ccc1Nc1ncc2c(n1)N(C)c1ccccc1C(=O)N2C. The number of nitrogens with zero attached hydrogens (tertiary/aromatic N) is 11. The summed E-state index contributed by atoms with van der Waals surface area (Å²) in [5.74, 6) is 2.64. The lowest BCUT2D eigenvalue weighted by atomic mass is 9.91. The lowest BCUT2D eigenvalue weighted by Crippen LogP contribution is -2.49. The van der Waals surface area contributed by atoms with E-state index in [9.17, 15) is 24.9 Å². The summed E-state index contributed by atoms with van der Waals surface area (Å²) in [6, 6.07) is 24.3. The summed E-state index contributed by atoms with van der Waals surface area (Å²) in [4.78, 5) is 49.6. The Hall–Kier alpha value is -7.44. The van der Waals surface area contributed by atoms with Crippen LogP contribution in [-0.4, -0.2) is 146 Å². The number of hydrogen-bond donors (Lipinski definition) is 4. The van der Waals surface area contributed by atoms with Crippen LogP contribution < -0.4 is 24.8 Å². The third-order valence-corrected chi connectivity index (χ3v) is 15.1. The number of nitrogens with one attached hydrogen (secondary N) is 1. The molecule has 0 radical (unpaired) electrons. The largest absolute Gasteiger partial charge is 0.508 e. The molecule has 18 nitrogen and oxygen atoms in total. The highest BCUT2D eigenvalue weighted by atomic mass is 16.5. The fraction of sp³-hybridized carbons (Fsp3) is 0.418. The molecule has 6 heterocycles. The van der Waals surface area contributed by atoms with Gasteiger partial charge in [0.15, 0.2) is 11.6 Å². The van der Waals surface area contributed by atoms with Crippen molar-refractivity contribution in [3.8, 4) is 40.3 Å². The first-order valence-electron chi connectivity index (χ1n) is 25.6. The third-order valence-electron chi connectivity index (χ3n) is 15.1. The molecule has 10 rings (SSSR count). The van der Waals surface area contributed by atoms with Crippen LogP contribution in [0.25, 0.3) is 17.1 Å². The number of fused-ring (bicyclic) bond motifs is 2. The summed E-state index contributed by atoms with van der Waals surface area (Å²) in [5, 5.41) is 43.2. The van der Waals surface area contributed by atoms with E-state index in [1.165, 1.54) is 10.6 Å². The second-order valence-electron chi connectivity index (χ2n) is 20.1. The first-order valence-corrected chi connectivity index (χ1v) is 25.6. The van der Waals surface area contributed by atoms with Crippen LogP contribution in [0.1, 0.15) is 73.9 Å². The molecule has 4 aliphatic heterocycles. The van der Waals surface area contributed by atoms with Crippen molar-refractivity contribution in [2.75, 3.05) is 99.6 Å². The molecule has 0 atom stereocenters. The van der Waals surface area contributed by atoms with Gasteiger partial charge in [-0.1, -0.05) is 43.2 Å². The molecule has 2 amide bonds. The number of phenols is 2. The van der Waals surface area contributed by atoms with Gasteiger partial charge in [-0.2, -0.15) is 4.98 Å². The van der Waals surface area contributed by atoms with Crippen LogP contribution in [0, 0.1) is 11.8 Å². The number of ether oxygens (including phenoxy) is 1. The molecule has 382 valence electrons. The van der Waals surface area contributed by atoms with Crippen molar-refractivity contribution in [3.63, 3.8) is 0 Å². The number of aromatic nitrogens is 5. The number of rotatable bonds is 13. The average Bonchev–Trinajstić information content (AvgIpc) is 3.76. The molecule has 2 aromatic heterocycles. The molecule has 4 aromatic carbocycles. The van der Waals surface area contributed by atoms with E-state index >= 15 is 0 Å². The third kappa shape index (κ3) is 10.2. The van der Waals surface area contributed by atoms with E-state index in [0.29, 0.717) is 64.0 Å². The summed E-state index contributed by atoms with van der Waals surface area (Å²) in [7, 11) is 3.64. The highest BCUT2D eigenvalue weighted by Gasteiger charge is 2.33. The highest BCUT2D eigenvalue weighted by molar-refractivity contribution is 6.13. The predicted molar refractivity (Wildman–Crippen MR) is 282 cm³/mol. The van der Waals surface area contributed by atoms with Crippen molar-refractivity contribution < 1.29 is 29.6 Å². The van der Waals surface area contributed by atoms with Gasteiger partial charge in [-0.25, -0.2) is 9.55 Å². The number of benzene rings is 4. The van der Waals surface area contributed by atoms with Gasteiger partial charge >= 0.3 is 6.01 Å². The fourth-order valence-corrected chi connectivity index (χ4v) is 10.9. The van der Waals surface area contributed by atoms with Gasteiger partial charge in [-0.15, -0.1) is 5.10 Å². The van der Waals surface area contributed by atoms with Gasteiger partial charge in [0.25, 0.3) is 5.91 Å². The van der Waals surface area contributed by atoms with Crippen molar-refractivity contribution in [1.29, 1.82) is 0 Å². The zero-order valence-electron chi connectivity index (χ0n) is 42.4. The summed E-state index contributed by atoms with van der Waals surface area (Å²) in [6.45, 7) is 15.4. The Balaban J connectivity index is 0.672. The Bertz CT molecular complexity index is 2960. The van der Waals surface area contributed by atoms with Crippen molar-refractivity contribution >= 4 is 46.3 Å². The van der Waals surface area contributed by atoms with E-state index in [2.05, 4.69) is 64.4 Å². The van der Waals surface area contributed by atoms with E-state index in [4.69, 9.17) is 9.72 Å². The fourth-order valence-electron chi connectivity index (χ4n) is 10.9. The van der Waals surface area contributed by atoms with E-state index in [1.54, 1.807) is 24.2 Å². The lowest BCUT2D eigenvalue weighted by molar-refractivity contribution is -0.137. The van der Waals surface area contributed by atoms with Gasteiger partial charge in [0.1, 0.15) is 22.9 Å². The Morgan fingerprint density at radius 3 is 2.21 bits per heavy atom. The number of carbonyl (C=O) groups excluding carboxylic acids is 2. The quantitative estimate of drug-likeness (QED) is 0.0878. The number of piperazine rings is 1. The van der Waals surface area contributed by atoms with Gasteiger partial charge in [-0.3, -0.25) is 14.5 Å². The van der Waals surface area contributed by atoms with Gasteiger partial charge in [0.05, 0.1) is 41.0 Å². The van der Waals surface area contributed by atoms with Gasteiger partial charge in [0.2, 0.25) is 11.9 Å². The Kier molecular flexibility index (Phi) is 14.1. The second kappa shape index (κ2) is 21.0. The minimum absolute atomic E-state index is 0.00868. The Morgan fingerprint density at radius 1 is 0.767 bits per heavy atom.